The number of carboxylic acid groups (broad SMARTS) is 1. The van der Waals surface area contributed by atoms with Crippen molar-refractivity contribution in [2.24, 2.45) is 11.5 Å². The van der Waals surface area contributed by atoms with Gasteiger partial charge in [0.05, 0.1) is 12.4 Å². The maximum atomic E-state index is 13.0. The fourth-order valence-corrected chi connectivity index (χ4v) is 3.65. The van der Waals surface area contributed by atoms with Crippen molar-refractivity contribution in [2.45, 2.75) is 69.6 Å². The maximum Gasteiger partial charge on any atom is 0.326 e. The number of nitrogens with zero attached hydrogens (tertiary/aromatic N) is 2. The van der Waals surface area contributed by atoms with E-state index in [4.69, 9.17) is 11.5 Å². The second kappa shape index (κ2) is 12.2. The molecule has 2 heterocycles. The number of imidazole rings is 1. The lowest BCUT2D eigenvalue weighted by molar-refractivity contribution is -0.149. The van der Waals surface area contributed by atoms with Crippen LogP contribution < -0.4 is 22.1 Å². The number of rotatable bonds is 12. The van der Waals surface area contributed by atoms with Gasteiger partial charge in [0, 0.05) is 24.9 Å². The SMILES string of the molecule is CC(NC(=O)C(N)Cc1cnc[nH]1)C(=O)NC(CCCCN)C(=O)N1CCCC1C(=O)O. The van der Waals surface area contributed by atoms with Crippen LogP contribution in [0.1, 0.15) is 44.7 Å². The van der Waals surface area contributed by atoms with Crippen LogP contribution in [0.4, 0.5) is 0 Å². The first kappa shape index (κ1) is 25.3. The maximum absolute atomic E-state index is 13.0. The number of aliphatic carboxylic acids is 1. The number of nitrogens with one attached hydrogen (secondary N) is 3. The molecule has 1 aromatic heterocycles. The van der Waals surface area contributed by atoms with Crippen molar-refractivity contribution in [3.8, 4) is 0 Å². The van der Waals surface area contributed by atoms with Gasteiger partial charge in [0.15, 0.2) is 0 Å². The summed E-state index contributed by atoms with van der Waals surface area (Å²) in [6.07, 6.45) is 5.82. The molecule has 1 aromatic rings. The summed E-state index contributed by atoms with van der Waals surface area (Å²) < 4.78 is 0. The van der Waals surface area contributed by atoms with Gasteiger partial charge in [-0.3, -0.25) is 14.4 Å². The quantitative estimate of drug-likeness (QED) is 0.206. The lowest BCUT2D eigenvalue weighted by Gasteiger charge is -2.28. The number of carbonyl (C=O) groups excluding carboxylic acids is 3. The third-order valence-electron chi connectivity index (χ3n) is 5.47. The zero-order valence-electron chi connectivity index (χ0n) is 18.3. The summed E-state index contributed by atoms with van der Waals surface area (Å²) in [6, 6.07) is -3.61. The van der Waals surface area contributed by atoms with Crippen LogP contribution >= 0.6 is 0 Å². The Labute approximate surface area is 186 Å². The van der Waals surface area contributed by atoms with Crippen molar-refractivity contribution >= 4 is 23.7 Å². The van der Waals surface area contributed by atoms with E-state index in [2.05, 4.69) is 20.6 Å². The first-order valence-corrected chi connectivity index (χ1v) is 10.8. The average molecular weight is 452 g/mol. The van der Waals surface area contributed by atoms with Crippen molar-refractivity contribution in [1.29, 1.82) is 0 Å². The molecule has 4 unspecified atom stereocenters. The molecular formula is C20H33N7O5. The van der Waals surface area contributed by atoms with Gasteiger partial charge in [0.1, 0.15) is 18.1 Å². The van der Waals surface area contributed by atoms with Crippen LogP contribution in [0.15, 0.2) is 12.5 Å². The summed E-state index contributed by atoms with van der Waals surface area (Å²) in [5.74, 6) is -2.56. The van der Waals surface area contributed by atoms with Crippen LogP contribution in [0.2, 0.25) is 0 Å². The molecule has 2 rings (SSSR count). The summed E-state index contributed by atoms with van der Waals surface area (Å²) in [4.78, 5) is 57.6. The predicted octanol–water partition coefficient (Wildman–Crippen LogP) is -1.53. The van der Waals surface area contributed by atoms with Crippen molar-refractivity contribution < 1.29 is 24.3 Å². The third kappa shape index (κ3) is 7.02. The number of nitrogens with two attached hydrogens (primary N) is 2. The number of aromatic amines is 1. The number of aromatic nitrogens is 2. The number of carbonyl (C=O) groups is 4. The Kier molecular flexibility index (Phi) is 9.60. The minimum absolute atomic E-state index is 0.228. The molecular weight excluding hydrogens is 418 g/mol. The minimum Gasteiger partial charge on any atom is -0.480 e. The summed E-state index contributed by atoms with van der Waals surface area (Å²) in [5.41, 5.74) is 12.1. The van der Waals surface area contributed by atoms with Crippen LogP contribution in [-0.4, -0.2) is 80.9 Å². The molecule has 178 valence electrons. The molecule has 0 spiro atoms. The molecule has 3 amide bonds. The minimum atomic E-state index is -1.06. The molecule has 1 fully saturated rings. The van der Waals surface area contributed by atoms with Gasteiger partial charge in [-0.05, 0) is 45.6 Å². The Bertz CT molecular complexity index is 785. The Balaban J connectivity index is 1.97. The topological polar surface area (TPSA) is 197 Å². The normalized spacial score (nSPS) is 18.6. The molecule has 0 aromatic carbocycles. The highest BCUT2D eigenvalue weighted by molar-refractivity contribution is 5.94. The molecule has 4 atom stereocenters. The lowest BCUT2D eigenvalue weighted by Crippen LogP contribution is -2.56. The second-order valence-electron chi connectivity index (χ2n) is 7.99. The number of unbranched alkanes of at least 4 members (excludes halogenated alkanes) is 1. The molecule has 32 heavy (non-hydrogen) atoms. The van der Waals surface area contributed by atoms with Crippen LogP contribution in [-0.2, 0) is 25.6 Å². The van der Waals surface area contributed by atoms with Gasteiger partial charge in [0.25, 0.3) is 0 Å². The predicted molar refractivity (Wildman–Crippen MR) is 115 cm³/mol. The van der Waals surface area contributed by atoms with Crippen molar-refractivity contribution in [2.75, 3.05) is 13.1 Å². The number of hydrogen-bond acceptors (Lipinski definition) is 7. The van der Waals surface area contributed by atoms with Gasteiger partial charge >= 0.3 is 5.97 Å². The number of carboxylic acids is 1. The van der Waals surface area contributed by atoms with Crippen LogP contribution in [0, 0.1) is 0 Å². The molecule has 8 N–H and O–H groups in total. The van der Waals surface area contributed by atoms with E-state index in [-0.39, 0.29) is 6.42 Å². The zero-order chi connectivity index (χ0) is 23.7. The molecule has 0 bridgehead atoms. The molecule has 0 aliphatic carbocycles. The van der Waals surface area contributed by atoms with Crippen molar-refractivity contribution in [3.05, 3.63) is 18.2 Å². The van der Waals surface area contributed by atoms with E-state index >= 15 is 0 Å². The molecule has 0 radical (unpaired) electrons. The van der Waals surface area contributed by atoms with E-state index in [9.17, 15) is 24.3 Å². The van der Waals surface area contributed by atoms with Crippen LogP contribution in [0.25, 0.3) is 0 Å². The number of likely N-dealkylation sites (tertiary alicyclic amines) is 1. The van der Waals surface area contributed by atoms with Crippen molar-refractivity contribution in [3.63, 3.8) is 0 Å². The monoisotopic (exact) mass is 451 g/mol. The fraction of sp³-hybridized carbons (Fsp3) is 0.650. The van der Waals surface area contributed by atoms with Gasteiger partial charge in [-0.15, -0.1) is 0 Å². The lowest BCUT2D eigenvalue weighted by atomic mass is 10.1. The van der Waals surface area contributed by atoms with Crippen LogP contribution in [0.3, 0.4) is 0 Å². The van der Waals surface area contributed by atoms with E-state index in [0.29, 0.717) is 50.9 Å². The summed E-state index contributed by atoms with van der Waals surface area (Å²) in [5, 5.41) is 14.6. The van der Waals surface area contributed by atoms with Gasteiger partial charge in [0.2, 0.25) is 17.7 Å². The zero-order valence-corrected chi connectivity index (χ0v) is 18.3. The third-order valence-corrected chi connectivity index (χ3v) is 5.47. The second-order valence-corrected chi connectivity index (χ2v) is 7.99. The smallest absolute Gasteiger partial charge is 0.326 e. The number of amides is 3. The standard InChI is InChI=1S/C20H33N7O5/c1-12(25-18(29)14(22)9-13-10-23-11-24-13)17(28)26-15(5-2-3-7-21)19(30)27-8-4-6-16(27)20(31)32/h10-12,14-16H,2-9,21-22H2,1H3,(H,23,24)(H,25,29)(H,26,28)(H,31,32). The molecule has 12 nitrogen and oxygen atoms in total. The first-order valence-electron chi connectivity index (χ1n) is 10.8. The van der Waals surface area contributed by atoms with E-state index in [1.54, 1.807) is 6.20 Å². The molecule has 1 aliphatic heterocycles. The first-order chi connectivity index (χ1) is 15.2. The van der Waals surface area contributed by atoms with E-state index in [1.165, 1.54) is 18.2 Å². The summed E-state index contributed by atoms with van der Waals surface area (Å²) in [7, 11) is 0. The highest BCUT2D eigenvalue weighted by Crippen LogP contribution is 2.20. The summed E-state index contributed by atoms with van der Waals surface area (Å²) in [6.45, 7) is 2.26. The Hall–Kier alpha value is -2.99. The molecule has 1 aliphatic rings. The Morgan fingerprint density at radius 3 is 2.66 bits per heavy atom. The Morgan fingerprint density at radius 1 is 1.28 bits per heavy atom. The molecule has 1 saturated heterocycles. The van der Waals surface area contributed by atoms with Crippen molar-refractivity contribution in [1.82, 2.24) is 25.5 Å². The van der Waals surface area contributed by atoms with Gasteiger partial charge in [-0.2, -0.15) is 0 Å². The molecule has 12 heteroatoms. The Morgan fingerprint density at radius 2 is 2.03 bits per heavy atom. The largest absolute Gasteiger partial charge is 0.480 e. The van der Waals surface area contributed by atoms with Gasteiger partial charge in [-0.1, -0.05) is 0 Å². The van der Waals surface area contributed by atoms with E-state index in [1.807, 2.05) is 0 Å². The van der Waals surface area contributed by atoms with E-state index < -0.39 is 47.9 Å². The number of H-pyrrole nitrogens is 1. The van der Waals surface area contributed by atoms with Crippen LogP contribution in [0.5, 0.6) is 0 Å². The number of hydrogen-bond donors (Lipinski definition) is 6. The highest BCUT2D eigenvalue weighted by Gasteiger charge is 2.37. The fourth-order valence-electron chi connectivity index (χ4n) is 3.65. The van der Waals surface area contributed by atoms with Gasteiger partial charge in [-0.25, -0.2) is 9.78 Å². The molecule has 0 saturated carbocycles. The highest BCUT2D eigenvalue weighted by atomic mass is 16.4. The van der Waals surface area contributed by atoms with Gasteiger partial charge < -0.3 is 37.1 Å². The van der Waals surface area contributed by atoms with E-state index in [0.717, 1.165) is 0 Å². The summed E-state index contributed by atoms with van der Waals surface area (Å²) >= 11 is 0. The average Bonchev–Trinajstić information content (AvgIpc) is 3.44.